The van der Waals surface area contributed by atoms with E-state index < -0.39 is 12.6 Å². The lowest BCUT2D eigenvalue weighted by molar-refractivity contribution is -0.134. The summed E-state index contributed by atoms with van der Waals surface area (Å²) in [5.74, 6) is 0. The second kappa shape index (κ2) is 5.97. The fourth-order valence-corrected chi connectivity index (χ4v) is 2.13. The Labute approximate surface area is 109 Å². The molecule has 3 nitrogen and oxygen atoms in total. The lowest BCUT2D eigenvalue weighted by atomic mass is 10.1. The molecule has 1 aromatic heterocycles. The minimum absolute atomic E-state index is 0.0316. The van der Waals surface area contributed by atoms with Crippen molar-refractivity contribution >= 4 is 11.3 Å². The molecular formula is C11H18F3N3S. The molecule has 0 aliphatic heterocycles. The molecule has 0 saturated carbocycles. The highest BCUT2D eigenvalue weighted by Crippen LogP contribution is 2.23. The molecule has 0 unspecified atom stereocenters. The molecule has 0 fully saturated rings. The summed E-state index contributed by atoms with van der Waals surface area (Å²) in [7, 11) is 0. The molecule has 0 bridgehead atoms. The predicted octanol–water partition coefficient (Wildman–Crippen LogP) is 2.96. The van der Waals surface area contributed by atoms with Crippen LogP contribution in [0, 0.1) is 0 Å². The molecule has 0 amide bonds. The monoisotopic (exact) mass is 281 g/mol. The first-order chi connectivity index (χ1) is 8.16. The summed E-state index contributed by atoms with van der Waals surface area (Å²) in [5.41, 5.74) is 0.0316. The molecule has 1 rings (SSSR count). The van der Waals surface area contributed by atoms with Crippen molar-refractivity contribution in [2.75, 3.05) is 6.54 Å². The largest absolute Gasteiger partial charge is 0.389 e. The first kappa shape index (κ1) is 15.4. The van der Waals surface area contributed by atoms with Gasteiger partial charge in [0.2, 0.25) is 0 Å². The maximum absolute atomic E-state index is 12.0. The van der Waals surface area contributed by atoms with E-state index in [4.69, 9.17) is 0 Å². The van der Waals surface area contributed by atoms with Crippen LogP contribution in [0.15, 0.2) is 0 Å². The first-order valence-corrected chi connectivity index (χ1v) is 6.60. The van der Waals surface area contributed by atoms with E-state index in [2.05, 4.69) is 36.3 Å². The third kappa shape index (κ3) is 6.90. The Hall–Kier alpha value is -0.690. The normalized spacial score (nSPS) is 13.0. The van der Waals surface area contributed by atoms with Gasteiger partial charge in [0.15, 0.2) is 0 Å². The number of hydrogen-bond donors (Lipinski definition) is 1. The lowest BCUT2D eigenvalue weighted by Crippen LogP contribution is -2.37. The molecule has 0 atom stereocenters. The van der Waals surface area contributed by atoms with Crippen LogP contribution in [0.2, 0.25) is 0 Å². The Kier molecular flexibility index (Phi) is 5.10. The minimum atomic E-state index is -4.13. The van der Waals surface area contributed by atoms with Crippen molar-refractivity contribution in [3.8, 4) is 0 Å². The van der Waals surface area contributed by atoms with Crippen molar-refractivity contribution in [3.63, 3.8) is 0 Å². The molecule has 104 valence electrons. The summed E-state index contributed by atoms with van der Waals surface area (Å²) in [6.07, 6.45) is -4.34. The van der Waals surface area contributed by atoms with Gasteiger partial charge in [0.25, 0.3) is 0 Å². The Morgan fingerprint density at radius 1 is 1.06 bits per heavy atom. The second-order valence-corrected chi connectivity index (χ2v) is 6.28. The van der Waals surface area contributed by atoms with E-state index >= 15 is 0 Å². The number of halogens is 3. The van der Waals surface area contributed by atoms with Crippen LogP contribution in [0.4, 0.5) is 13.2 Å². The molecule has 1 heterocycles. The van der Waals surface area contributed by atoms with Gasteiger partial charge < -0.3 is 5.32 Å². The van der Waals surface area contributed by atoms with Crippen molar-refractivity contribution in [2.45, 2.75) is 51.7 Å². The maximum atomic E-state index is 12.0. The second-order valence-electron chi connectivity index (χ2n) is 5.13. The molecule has 1 aromatic rings. The van der Waals surface area contributed by atoms with E-state index in [1.54, 1.807) is 0 Å². The van der Waals surface area contributed by atoms with E-state index in [0.29, 0.717) is 11.4 Å². The molecular weight excluding hydrogens is 263 g/mol. The lowest BCUT2D eigenvalue weighted by Gasteiger charge is -2.19. The summed E-state index contributed by atoms with van der Waals surface area (Å²) in [6, 6.07) is 0. The Morgan fingerprint density at radius 2 is 1.61 bits per heavy atom. The van der Waals surface area contributed by atoms with Gasteiger partial charge in [-0.05, 0) is 20.8 Å². The highest BCUT2D eigenvalue weighted by Gasteiger charge is 2.27. The average Bonchev–Trinajstić information content (AvgIpc) is 2.60. The van der Waals surface area contributed by atoms with Crippen LogP contribution in [-0.4, -0.2) is 28.5 Å². The van der Waals surface area contributed by atoms with Gasteiger partial charge in [0.05, 0.1) is 0 Å². The number of nitrogens with one attached hydrogen (secondary N) is 1. The summed E-state index contributed by atoms with van der Waals surface area (Å²) in [6.45, 7) is 6.92. The molecule has 0 aliphatic rings. The molecule has 0 aromatic carbocycles. The minimum Gasteiger partial charge on any atom is -0.312 e. The summed E-state index contributed by atoms with van der Waals surface area (Å²) in [4.78, 5) is 0. The first-order valence-electron chi connectivity index (χ1n) is 5.79. The van der Waals surface area contributed by atoms with Crippen LogP contribution in [0.25, 0.3) is 0 Å². The highest BCUT2D eigenvalue weighted by molar-refractivity contribution is 7.11. The van der Waals surface area contributed by atoms with E-state index in [-0.39, 0.29) is 12.0 Å². The van der Waals surface area contributed by atoms with Gasteiger partial charge >= 0.3 is 6.18 Å². The third-order valence-corrected chi connectivity index (χ3v) is 3.17. The van der Waals surface area contributed by atoms with Gasteiger partial charge in [0, 0.05) is 31.3 Å². The molecule has 7 heteroatoms. The summed E-state index contributed by atoms with van der Waals surface area (Å²) < 4.78 is 36.1. The molecule has 18 heavy (non-hydrogen) atoms. The van der Waals surface area contributed by atoms with E-state index in [9.17, 15) is 13.2 Å². The third-order valence-electron chi connectivity index (χ3n) is 2.13. The van der Waals surface area contributed by atoms with Crippen LogP contribution in [-0.2, 0) is 12.8 Å². The van der Waals surface area contributed by atoms with Crippen molar-refractivity contribution < 1.29 is 13.2 Å². The van der Waals surface area contributed by atoms with E-state index in [0.717, 1.165) is 11.6 Å². The van der Waals surface area contributed by atoms with Crippen LogP contribution in [0.1, 0.15) is 37.2 Å². The van der Waals surface area contributed by atoms with Crippen LogP contribution < -0.4 is 5.32 Å². The van der Waals surface area contributed by atoms with Gasteiger partial charge in [-0.25, -0.2) is 0 Å². The molecule has 1 N–H and O–H groups in total. The van der Waals surface area contributed by atoms with Crippen molar-refractivity contribution in [3.05, 3.63) is 10.0 Å². The molecule has 0 saturated heterocycles. The highest BCUT2D eigenvalue weighted by atomic mass is 32.1. The van der Waals surface area contributed by atoms with Crippen LogP contribution >= 0.6 is 11.3 Å². The fraction of sp³-hybridized carbons (Fsp3) is 0.818. The Balaban J connectivity index is 2.35. The van der Waals surface area contributed by atoms with Crippen molar-refractivity contribution in [1.82, 2.24) is 15.5 Å². The number of hydrogen-bond acceptors (Lipinski definition) is 4. The van der Waals surface area contributed by atoms with E-state index in [1.165, 1.54) is 11.3 Å². The van der Waals surface area contributed by atoms with E-state index in [1.807, 2.05) is 0 Å². The topological polar surface area (TPSA) is 37.8 Å². The van der Waals surface area contributed by atoms with Crippen LogP contribution in [0.5, 0.6) is 0 Å². The average molecular weight is 281 g/mol. The summed E-state index contributed by atoms with van der Waals surface area (Å²) in [5, 5.41) is 12.2. The number of alkyl halides is 3. The van der Waals surface area contributed by atoms with Crippen LogP contribution in [0.3, 0.4) is 0 Å². The van der Waals surface area contributed by atoms with Gasteiger partial charge in [-0.15, -0.1) is 21.5 Å². The van der Waals surface area contributed by atoms with Gasteiger partial charge in [-0.1, -0.05) is 0 Å². The molecule has 0 radical (unpaired) electrons. The number of rotatable bonds is 5. The van der Waals surface area contributed by atoms with Crippen molar-refractivity contribution in [1.29, 1.82) is 0 Å². The summed E-state index contributed by atoms with van der Waals surface area (Å²) >= 11 is 1.26. The van der Waals surface area contributed by atoms with Gasteiger partial charge in [-0.2, -0.15) is 13.2 Å². The predicted molar refractivity (Wildman–Crippen MR) is 65.7 cm³/mol. The van der Waals surface area contributed by atoms with Gasteiger partial charge in [0.1, 0.15) is 10.0 Å². The zero-order valence-corrected chi connectivity index (χ0v) is 11.6. The Bertz CT molecular complexity index is 368. The fourth-order valence-electron chi connectivity index (χ4n) is 1.28. The van der Waals surface area contributed by atoms with Gasteiger partial charge in [-0.3, -0.25) is 0 Å². The standard InChI is InChI=1S/C11H18F3N3S/c1-10(2,3)15-7-5-9-17-16-8(18-9)4-6-11(12,13)14/h15H,4-7H2,1-3H3. The maximum Gasteiger partial charge on any atom is 0.389 e. The zero-order valence-electron chi connectivity index (χ0n) is 10.8. The zero-order chi connectivity index (χ0) is 13.8. The smallest absolute Gasteiger partial charge is 0.312 e. The Morgan fingerprint density at radius 3 is 2.11 bits per heavy atom. The molecule has 0 spiro atoms. The number of nitrogens with zero attached hydrogens (tertiary/aromatic N) is 2. The molecule has 0 aliphatic carbocycles. The number of aromatic nitrogens is 2. The number of aryl methyl sites for hydroxylation is 1. The quantitative estimate of drug-likeness (QED) is 0.901. The van der Waals surface area contributed by atoms with Crippen molar-refractivity contribution in [2.24, 2.45) is 0 Å². The SMILES string of the molecule is CC(C)(C)NCCc1nnc(CCC(F)(F)F)s1.